The third-order valence-corrected chi connectivity index (χ3v) is 1.54. The van der Waals surface area contributed by atoms with Gasteiger partial charge in [-0.15, -0.1) is 0 Å². The summed E-state index contributed by atoms with van der Waals surface area (Å²) in [6, 6.07) is 0. The monoisotopic (exact) mass is 139 g/mol. The Kier molecular flexibility index (Phi) is 2.74. The second kappa shape index (κ2) is 3.61. The first-order valence-corrected chi connectivity index (χ1v) is 3.40. The highest BCUT2D eigenvalue weighted by atomic mass is 16.5. The van der Waals surface area contributed by atoms with Crippen molar-refractivity contribution >= 4 is 13.8 Å². The molecule has 0 aromatic heterocycles. The van der Waals surface area contributed by atoms with Crippen LogP contribution in [-0.4, -0.2) is 45.0 Å². The van der Waals surface area contributed by atoms with E-state index in [2.05, 4.69) is 0 Å². The molecule has 54 valence electrons. The second-order valence-electron chi connectivity index (χ2n) is 2.20. The zero-order valence-corrected chi connectivity index (χ0v) is 5.88. The van der Waals surface area contributed by atoms with Crippen LogP contribution in [0.5, 0.6) is 0 Å². The van der Waals surface area contributed by atoms with E-state index in [9.17, 15) is 4.79 Å². The third-order valence-electron chi connectivity index (χ3n) is 1.54. The zero-order valence-electron chi connectivity index (χ0n) is 5.88. The van der Waals surface area contributed by atoms with Gasteiger partial charge in [0.25, 0.3) is 0 Å². The molecule has 0 aliphatic carbocycles. The molecule has 4 heteroatoms. The van der Waals surface area contributed by atoms with Crippen LogP contribution in [0.15, 0.2) is 0 Å². The molecule has 0 aromatic rings. The minimum absolute atomic E-state index is 0.0169. The predicted octanol–water partition coefficient (Wildman–Crippen LogP) is -0.568. The van der Waals surface area contributed by atoms with Gasteiger partial charge in [0.05, 0.1) is 21.1 Å². The summed E-state index contributed by atoms with van der Waals surface area (Å²) in [4.78, 5) is 12.6. The van der Waals surface area contributed by atoms with E-state index in [4.69, 9.17) is 12.6 Å². The number of morpholine rings is 1. The van der Waals surface area contributed by atoms with Crippen LogP contribution < -0.4 is 0 Å². The summed E-state index contributed by atoms with van der Waals surface area (Å²) in [5.41, 5.74) is 0. The molecule has 2 radical (unpaired) electrons. The van der Waals surface area contributed by atoms with E-state index in [-0.39, 0.29) is 12.2 Å². The van der Waals surface area contributed by atoms with Gasteiger partial charge in [0, 0.05) is 13.1 Å². The average molecular weight is 139 g/mol. The van der Waals surface area contributed by atoms with Gasteiger partial charge in [-0.2, -0.15) is 0 Å². The summed E-state index contributed by atoms with van der Waals surface area (Å²) in [6.45, 7) is 2.67. The molecule has 1 rings (SSSR count). The van der Waals surface area contributed by atoms with Crippen molar-refractivity contribution in [2.45, 2.75) is 6.32 Å². The fourth-order valence-electron chi connectivity index (χ4n) is 0.942. The van der Waals surface area contributed by atoms with Gasteiger partial charge < -0.3 is 9.64 Å². The van der Waals surface area contributed by atoms with Gasteiger partial charge in [0.2, 0.25) is 5.91 Å². The highest BCUT2D eigenvalue weighted by molar-refractivity contribution is 6.19. The Bertz CT molecular complexity index is 123. The molecule has 0 unspecified atom stereocenters. The molecule has 3 nitrogen and oxygen atoms in total. The van der Waals surface area contributed by atoms with Crippen molar-refractivity contribution in [2.75, 3.05) is 26.3 Å². The second-order valence-corrected chi connectivity index (χ2v) is 2.20. The number of carbonyl (C=O) groups excluding carboxylic acids is 1. The normalized spacial score (nSPS) is 19.0. The number of nitrogens with zero attached hydrogens (tertiary/aromatic N) is 1. The minimum atomic E-state index is 0.0169. The summed E-state index contributed by atoms with van der Waals surface area (Å²) < 4.78 is 5.06. The number of hydrogen-bond donors (Lipinski definition) is 0. The first-order valence-electron chi connectivity index (χ1n) is 3.40. The molecule has 0 aromatic carbocycles. The van der Waals surface area contributed by atoms with Crippen LogP contribution in [0.4, 0.5) is 0 Å². The molecular weight excluding hydrogens is 129 g/mol. The van der Waals surface area contributed by atoms with Crippen molar-refractivity contribution in [3.8, 4) is 0 Å². The topological polar surface area (TPSA) is 29.5 Å². The Labute approximate surface area is 61.7 Å². The highest BCUT2D eigenvalue weighted by Gasteiger charge is 2.13. The molecule has 1 saturated heterocycles. The smallest absolute Gasteiger partial charge is 0.214 e. The van der Waals surface area contributed by atoms with Gasteiger partial charge in [0.1, 0.15) is 0 Å². The molecule has 0 spiro atoms. The van der Waals surface area contributed by atoms with E-state index < -0.39 is 0 Å². The Balaban J connectivity index is 2.31. The average Bonchev–Trinajstić information content (AvgIpc) is 2.05. The molecule has 1 heterocycles. The third kappa shape index (κ3) is 1.74. The molecule has 0 bridgehead atoms. The molecular formula is C6H10BNO2. The molecule has 0 saturated carbocycles. The van der Waals surface area contributed by atoms with Gasteiger partial charge in [0.15, 0.2) is 0 Å². The summed E-state index contributed by atoms with van der Waals surface area (Å²) in [5.74, 6) is 0.0169. The number of ether oxygens (including phenoxy) is 1. The standard InChI is InChI=1S/C6H10BNO2/c7-5-6(9)8-1-3-10-4-2-8/h1-5H2. The quantitative estimate of drug-likeness (QED) is 0.455. The Morgan fingerprint density at radius 3 is 2.60 bits per heavy atom. The minimum Gasteiger partial charge on any atom is -0.378 e. The number of hydrogen-bond acceptors (Lipinski definition) is 2. The first kappa shape index (κ1) is 7.60. The lowest BCUT2D eigenvalue weighted by Crippen LogP contribution is -2.40. The van der Waals surface area contributed by atoms with Crippen molar-refractivity contribution in [1.29, 1.82) is 0 Å². The van der Waals surface area contributed by atoms with Crippen molar-refractivity contribution in [1.82, 2.24) is 4.90 Å². The fraction of sp³-hybridized carbons (Fsp3) is 0.833. The van der Waals surface area contributed by atoms with Crippen LogP contribution in [0.3, 0.4) is 0 Å². The van der Waals surface area contributed by atoms with Gasteiger partial charge in [-0.05, 0) is 6.32 Å². The largest absolute Gasteiger partial charge is 0.378 e. The van der Waals surface area contributed by atoms with E-state index in [0.717, 1.165) is 0 Å². The van der Waals surface area contributed by atoms with E-state index in [1.54, 1.807) is 4.90 Å². The molecule has 1 aliphatic rings. The van der Waals surface area contributed by atoms with Crippen LogP contribution in [-0.2, 0) is 9.53 Å². The lowest BCUT2D eigenvalue weighted by Gasteiger charge is -2.26. The number of rotatable bonds is 1. The molecule has 10 heavy (non-hydrogen) atoms. The number of carbonyl (C=O) groups is 1. The van der Waals surface area contributed by atoms with Crippen molar-refractivity contribution < 1.29 is 9.53 Å². The predicted molar refractivity (Wildman–Crippen MR) is 38.0 cm³/mol. The van der Waals surface area contributed by atoms with Crippen molar-refractivity contribution in [3.05, 3.63) is 0 Å². The SMILES string of the molecule is [B]CC(=O)N1CCOCC1. The number of amides is 1. The molecule has 0 N–H and O–H groups in total. The maximum Gasteiger partial charge on any atom is 0.214 e. The highest BCUT2D eigenvalue weighted by Crippen LogP contribution is 1.98. The summed E-state index contributed by atoms with van der Waals surface area (Å²) >= 11 is 0. The first-order chi connectivity index (χ1) is 4.84. The van der Waals surface area contributed by atoms with E-state index >= 15 is 0 Å². The van der Waals surface area contributed by atoms with Gasteiger partial charge >= 0.3 is 0 Å². The van der Waals surface area contributed by atoms with Crippen LogP contribution in [0, 0.1) is 0 Å². The molecule has 1 aliphatic heterocycles. The van der Waals surface area contributed by atoms with E-state index in [1.165, 1.54) is 0 Å². The van der Waals surface area contributed by atoms with Gasteiger partial charge in [-0.1, -0.05) is 0 Å². The Morgan fingerprint density at radius 1 is 1.50 bits per heavy atom. The summed E-state index contributed by atoms with van der Waals surface area (Å²) in [7, 11) is 5.17. The fourth-order valence-corrected chi connectivity index (χ4v) is 0.942. The lowest BCUT2D eigenvalue weighted by atomic mass is 10.0. The van der Waals surface area contributed by atoms with E-state index in [1.807, 2.05) is 0 Å². The summed E-state index contributed by atoms with van der Waals surface area (Å²) in [6.07, 6.45) is 0.111. The molecule has 1 amide bonds. The van der Waals surface area contributed by atoms with Crippen LogP contribution in [0.1, 0.15) is 0 Å². The zero-order chi connectivity index (χ0) is 7.40. The van der Waals surface area contributed by atoms with Gasteiger partial charge in [-0.25, -0.2) is 0 Å². The lowest BCUT2D eigenvalue weighted by molar-refractivity contribution is -0.132. The van der Waals surface area contributed by atoms with Crippen LogP contribution in [0.25, 0.3) is 0 Å². The Morgan fingerprint density at radius 2 is 2.10 bits per heavy atom. The van der Waals surface area contributed by atoms with Crippen LogP contribution >= 0.6 is 0 Å². The van der Waals surface area contributed by atoms with E-state index in [0.29, 0.717) is 26.3 Å². The molecule has 0 atom stereocenters. The van der Waals surface area contributed by atoms with Crippen molar-refractivity contribution in [2.24, 2.45) is 0 Å². The Hall–Kier alpha value is -0.505. The summed E-state index contributed by atoms with van der Waals surface area (Å²) in [5, 5.41) is 0. The van der Waals surface area contributed by atoms with Crippen LogP contribution in [0.2, 0.25) is 6.32 Å². The van der Waals surface area contributed by atoms with Gasteiger partial charge in [-0.3, -0.25) is 4.79 Å². The molecule has 1 fully saturated rings. The maximum absolute atomic E-state index is 10.9. The van der Waals surface area contributed by atoms with Crippen molar-refractivity contribution in [3.63, 3.8) is 0 Å². The maximum atomic E-state index is 10.9.